The second-order valence-electron chi connectivity index (χ2n) is 5.41. The summed E-state index contributed by atoms with van der Waals surface area (Å²) in [5.74, 6) is 0.475. The van der Waals surface area contributed by atoms with E-state index in [2.05, 4.69) is 5.10 Å². The Morgan fingerprint density at radius 1 is 1.24 bits per heavy atom. The molecule has 0 fully saturated rings. The highest BCUT2D eigenvalue weighted by Crippen LogP contribution is 2.31. The van der Waals surface area contributed by atoms with Crippen molar-refractivity contribution in [2.45, 2.75) is 18.7 Å². The Hall–Kier alpha value is -2.02. The Labute approximate surface area is 125 Å². The van der Waals surface area contributed by atoms with Crippen LogP contribution < -0.4 is 10.6 Å². The van der Waals surface area contributed by atoms with Crippen molar-refractivity contribution in [3.8, 4) is 5.69 Å². The molecule has 0 bridgehead atoms. The number of nitrogens with zero attached hydrogens (tertiary/aromatic N) is 3. The monoisotopic (exact) mass is 308 g/mol. The molecule has 0 saturated carbocycles. The SMILES string of the molecule is Cc1ccc(-n2nc(N(C)C)c(S(C)(=O)=O)c2N)c(C)c1. The maximum atomic E-state index is 12.0. The van der Waals surface area contributed by atoms with Gasteiger partial charge in [0.1, 0.15) is 5.82 Å². The maximum absolute atomic E-state index is 12.0. The molecule has 2 rings (SSSR count). The third-order valence-electron chi connectivity index (χ3n) is 3.23. The van der Waals surface area contributed by atoms with Gasteiger partial charge in [-0.25, -0.2) is 13.1 Å². The minimum Gasteiger partial charge on any atom is -0.382 e. The molecule has 0 aliphatic rings. The third-order valence-corrected chi connectivity index (χ3v) is 4.37. The van der Waals surface area contributed by atoms with Crippen LogP contribution in [0.2, 0.25) is 0 Å². The van der Waals surface area contributed by atoms with Crippen LogP contribution in [-0.2, 0) is 9.84 Å². The summed E-state index contributed by atoms with van der Waals surface area (Å²) >= 11 is 0. The zero-order valence-electron chi connectivity index (χ0n) is 12.9. The largest absolute Gasteiger partial charge is 0.382 e. The summed E-state index contributed by atoms with van der Waals surface area (Å²) in [6, 6.07) is 5.84. The van der Waals surface area contributed by atoms with Gasteiger partial charge in [0.15, 0.2) is 20.6 Å². The zero-order chi connectivity index (χ0) is 15.9. The number of nitrogens with two attached hydrogens (primary N) is 1. The van der Waals surface area contributed by atoms with Crippen molar-refractivity contribution in [3.63, 3.8) is 0 Å². The van der Waals surface area contributed by atoms with Crippen molar-refractivity contribution in [1.82, 2.24) is 9.78 Å². The van der Waals surface area contributed by atoms with Crippen LogP contribution in [0.15, 0.2) is 23.1 Å². The maximum Gasteiger partial charge on any atom is 0.182 e. The number of nitrogen functional groups attached to an aromatic ring is 1. The fourth-order valence-electron chi connectivity index (χ4n) is 2.28. The molecule has 21 heavy (non-hydrogen) atoms. The number of anilines is 2. The van der Waals surface area contributed by atoms with Gasteiger partial charge >= 0.3 is 0 Å². The van der Waals surface area contributed by atoms with E-state index in [0.29, 0.717) is 5.82 Å². The van der Waals surface area contributed by atoms with Crippen LogP contribution in [0.25, 0.3) is 5.69 Å². The molecule has 0 saturated heterocycles. The average molecular weight is 308 g/mol. The fourth-order valence-corrected chi connectivity index (χ4v) is 3.30. The first-order valence-electron chi connectivity index (χ1n) is 6.46. The van der Waals surface area contributed by atoms with E-state index in [1.807, 2.05) is 32.0 Å². The quantitative estimate of drug-likeness (QED) is 0.930. The predicted molar refractivity (Wildman–Crippen MR) is 84.9 cm³/mol. The molecule has 0 radical (unpaired) electrons. The van der Waals surface area contributed by atoms with Gasteiger partial charge in [0.05, 0.1) is 5.69 Å². The normalized spacial score (nSPS) is 11.7. The number of rotatable bonds is 3. The van der Waals surface area contributed by atoms with Crippen molar-refractivity contribution < 1.29 is 8.42 Å². The molecule has 1 aromatic heterocycles. The molecule has 0 amide bonds. The second-order valence-corrected chi connectivity index (χ2v) is 7.36. The van der Waals surface area contributed by atoms with Crippen LogP contribution in [0.3, 0.4) is 0 Å². The van der Waals surface area contributed by atoms with Gasteiger partial charge in [-0.2, -0.15) is 0 Å². The van der Waals surface area contributed by atoms with E-state index in [1.165, 1.54) is 4.68 Å². The summed E-state index contributed by atoms with van der Waals surface area (Å²) in [6.45, 7) is 3.94. The van der Waals surface area contributed by atoms with Gasteiger partial charge in [-0.1, -0.05) is 17.7 Å². The van der Waals surface area contributed by atoms with Crippen LogP contribution in [0.4, 0.5) is 11.6 Å². The zero-order valence-corrected chi connectivity index (χ0v) is 13.7. The lowest BCUT2D eigenvalue weighted by atomic mass is 10.1. The van der Waals surface area contributed by atoms with E-state index in [9.17, 15) is 8.42 Å². The van der Waals surface area contributed by atoms with E-state index < -0.39 is 9.84 Å². The van der Waals surface area contributed by atoms with Crippen LogP contribution in [0.1, 0.15) is 11.1 Å². The molecular weight excluding hydrogens is 288 g/mol. The molecule has 114 valence electrons. The molecule has 0 unspecified atom stereocenters. The van der Waals surface area contributed by atoms with Crippen LogP contribution in [-0.4, -0.2) is 38.5 Å². The third kappa shape index (κ3) is 2.73. The highest BCUT2D eigenvalue weighted by atomic mass is 32.2. The fraction of sp³-hybridized carbons (Fsp3) is 0.357. The summed E-state index contributed by atoms with van der Waals surface area (Å²) in [6.07, 6.45) is 1.14. The van der Waals surface area contributed by atoms with Crippen LogP contribution in [0.5, 0.6) is 0 Å². The molecule has 1 aromatic carbocycles. The van der Waals surface area contributed by atoms with Gasteiger partial charge in [-0.15, -0.1) is 5.10 Å². The van der Waals surface area contributed by atoms with Crippen molar-refractivity contribution >= 4 is 21.5 Å². The molecule has 2 N–H and O–H groups in total. The molecule has 6 nitrogen and oxygen atoms in total. The highest BCUT2D eigenvalue weighted by molar-refractivity contribution is 7.91. The topological polar surface area (TPSA) is 81.2 Å². The number of sulfone groups is 1. The minimum absolute atomic E-state index is 0.0625. The molecule has 0 aliphatic carbocycles. The number of benzene rings is 1. The first kappa shape index (κ1) is 15.4. The first-order valence-corrected chi connectivity index (χ1v) is 8.35. The number of aromatic nitrogens is 2. The van der Waals surface area contributed by atoms with Gasteiger partial charge in [0, 0.05) is 20.4 Å². The van der Waals surface area contributed by atoms with Gasteiger partial charge in [-0.05, 0) is 25.5 Å². The Morgan fingerprint density at radius 2 is 1.86 bits per heavy atom. The predicted octanol–water partition coefficient (Wildman–Crippen LogP) is 1.54. The smallest absolute Gasteiger partial charge is 0.182 e. The Bertz CT molecular complexity index is 792. The lowest BCUT2D eigenvalue weighted by molar-refractivity contribution is 0.602. The van der Waals surface area contributed by atoms with Gasteiger partial charge in [0.25, 0.3) is 0 Å². The summed E-state index contributed by atoms with van der Waals surface area (Å²) < 4.78 is 25.5. The second kappa shape index (κ2) is 5.07. The van der Waals surface area contributed by atoms with E-state index >= 15 is 0 Å². The van der Waals surface area contributed by atoms with Gasteiger partial charge in [-0.3, -0.25) is 0 Å². The minimum atomic E-state index is -3.47. The standard InChI is InChI=1S/C14H20N4O2S/c1-9-6-7-11(10(2)8-9)18-13(15)12(21(5,19)20)14(16-18)17(3)4/h6-8H,15H2,1-5H3. The summed E-state index contributed by atoms with van der Waals surface area (Å²) in [7, 11) is 0.0104. The van der Waals surface area contributed by atoms with Gasteiger partial charge < -0.3 is 10.6 Å². The van der Waals surface area contributed by atoms with E-state index in [1.54, 1.807) is 19.0 Å². The molecule has 0 atom stereocenters. The summed E-state index contributed by atoms with van der Waals surface area (Å²) in [5, 5.41) is 4.37. The van der Waals surface area contributed by atoms with Crippen molar-refractivity contribution in [3.05, 3.63) is 29.3 Å². The number of aryl methyl sites for hydroxylation is 2. The molecule has 1 heterocycles. The van der Waals surface area contributed by atoms with E-state index in [-0.39, 0.29) is 10.7 Å². The first-order chi connectivity index (χ1) is 9.62. The van der Waals surface area contributed by atoms with Crippen molar-refractivity contribution in [1.29, 1.82) is 0 Å². The molecule has 0 spiro atoms. The van der Waals surface area contributed by atoms with Crippen molar-refractivity contribution in [2.24, 2.45) is 0 Å². The van der Waals surface area contributed by atoms with Crippen LogP contribution in [0, 0.1) is 13.8 Å². The summed E-state index contributed by atoms with van der Waals surface area (Å²) in [4.78, 5) is 1.71. The van der Waals surface area contributed by atoms with Crippen molar-refractivity contribution in [2.75, 3.05) is 31.0 Å². The number of hydrogen-bond acceptors (Lipinski definition) is 5. The molecule has 2 aromatic rings. The van der Waals surface area contributed by atoms with Gasteiger partial charge in [0.2, 0.25) is 0 Å². The highest BCUT2D eigenvalue weighted by Gasteiger charge is 2.26. The lowest BCUT2D eigenvalue weighted by Gasteiger charge is -2.09. The molecular formula is C14H20N4O2S. The lowest BCUT2D eigenvalue weighted by Crippen LogP contribution is -2.13. The summed E-state index contributed by atoms with van der Waals surface area (Å²) in [5.41, 5.74) is 8.94. The molecule has 7 heteroatoms. The molecule has 0 aliphatic heterocycles. The van der Waals surface area contributed by atoms with Crippen LogP contribution >= 0.6 is 0 Å². The average Bonchev–Trinajstić information content (AvgIpc) is 2.67. The Kier molecular flexibility index (Phi) is 3.71. The number of hydrogen-bond donors (Lipinski definition) is 1. The van der Waals surface area contributed by atoms with E-state index in [4.69, 9.17) is 5.73 Å². The Balaban J connectivity index is 2.78. The van der Waals surface area contributed by atoms with E-state index in [0.717, 1.165) is 23.1 Å². The Morgan fingerprint density at radius 3 is 2.29 bits per heavy atom.